The molecule has 1 aromatic rings. The third-order valence-corrected chi connectivity index (χ3v) is 5.84. The summed E-state index contributed by atoms with van der Waals surface area (Å²) >= 11 is 0. The lowest BCUT2D eigenvalue weighted by molar-refractivity contribution is 0.0594. The third-order valence-electron chi connectivity index (χ3n) is 3.78. The molecule has 0 aromatic carbocycles. The van der Waals surface area contributed by atoms with Gasteiger partial charge in [0.2, 0.25) is 10.0 Å². The minimum atomic E-state index is -3.82. The number of hydrogen-bond acceptors (Lipinski definition) is 6. The molecule has 0 saturated carbocycles. The van der Waals surface area contributed by atoms with Crippen molar-refractivity contribution >= 4 is 16.0 Å². The van der Waals surface area contributed by atoms with Gasteiger partial charge in [0, 0.05) is 19.6 Å². The Balaban J connectivity index is 2.51. The number of furan rings is 1. The van der Waals surface area contributed by atoms with Crippen LogP contribution in [0.25, 0.3) is 0 Å². The van der Waals surface area contributed by atoms with Gasteiger partial charge in [0.15, 0.2) is 0 Å². The molecule has 1 unspecified atom stereocenters. The van der Waals surface area contributed by atoms with Crippen molar-refractivity contribution in [1.29, 1.82) is 0 Å². The van der Waals surface area contributed by atoms with Gasteiger partial charge in [0.1, 0.15) is 22.0 Å². The molecule has 1 atom stereocenters. The summed E-state index contributed by atoms with van der Waals surface area (Å²) in [6, 6.07) is -0.130. The van der Waals surface area contributed by atoms with Crippen LogP contribution in [0, 0.1) is 13.8 Å². The molecule has 0 aliphatic carbocycles. The molecule has 0 radical (unpaired) electrons. The van der Waals surface area contributed by atoms with Gasteiger partial charge in [-0.25, -0.2) is 13.2 Å². The highest BCUT2D eigenvalue weighted by atomic mass is 32.2. The lowest BCUT2D eigenvalue weighted by atomic mass is 10.2. The third kappa shape index (κ3) is 2.70. The van der Waals surface area contributed by atoms with Crippen molar-refractivity contribution in [2.24, 2.45) is 0 Å². The lowest BCUT2D eigenvalue weighted by Gasteiger charge is -2.23. The zero-order chi connectivity index (χ0) is 15.8. The molecule has 1 aromatic heterocycles. The average Bonchev–Trinajstić information content (AvgIpc) is 3.04. The number of carbonyl (C=O) groups is 1. The number of likely N-dealkylation sites (N-methyl/N-ethyl adjacent to an activating group) is 1. The molecule has 7 nitrogen and oxygen atoms in total. The number of sulfonamides is 1. The molecule has 1 fully saturated rings. The van der Waals surface area contributed by atoms with E-state index in [4.69, 9.17) is 4.42 Å². The van der Waals surface area contributed by atoms with Gasteiger partial charge in [0.25, 0.3) is 0 Å². The van der Waals surface area contributed by atoms with Crippen LogP contribution >= 0.6 is 0 Å². The van der Waals surface area contributed by atoms with Crippen molar-refractivity contribution in [3.05, 3.63) is 17.1 Å². The molecule has 21 heavy (non-hydrogen) atoms. The van der Waals surface area contributed by atoms with Crippen molar-refractivity contribution in [2.45, 2.75) is 31.2 Å². The van der Waals surface area contributed by atoms with Crippen molar-refractivity contribution in [2.75, 3.05) is 27.2 Å². The molecule has 0 spiro atoms. The lowest BCUT2D eigenvalue weighted by Crippen LogP contribution is -2.39. The Hall–Kier alpha value is -1.38. The molecular formula is C13H20N2O5S. The van der Waals surface area contributed by atoms with Gasteiger partial charge < -0.3 is 14.5 Å². The van der Waals surface area contributed by atoms with E-state index >= 15 is 0 Å². The van der Waals surface area contributed by atoms with Crippen LogP contribution in [-0.2, 0) is 14.8 Å². The number of nitrogens with one attached hydrogen (secondary N) is 1. The number of esters is 1. The largest absolute Gasteiger partial charge is 0.465 e. The quantitative estimate of drug-likeness (QED) is 0.821. The Morgan fingerprint density at radius 1 is 1.38 bits per heavy atom. The molecule has 1 saturated heterocycles. The van der Waals surface area contributed by atoms with Gasteiger partial charge in [-0.2, -0.15) is 4.31 Å². The first-order valence-corrected chi connectivity index (χ1v) is 8.11. The van der Waals surface area contributed by atoms with E-state index in [0.717, 1.165) is 13.0 Å². The fraction of sp³-hybridized carbons (Fsp3) is 0.615. The van der Waals surface area contributed by atoms with E-state index in [1.165, 1.54) is 25.4 Å². The first kappa shape index (κ1) is 16.0. The Kier molecular flexibility index (Phi) is 4.40. The van der Waals surface area contributed by atoms with E-state index < -0.39 is 16.0 Å². The molecule has 2 rings (SSSR count). The summed E-state index contributed by atoms with van der Waals surface area (Å²) in [4.78, 5) is 11.8. The summed E-state index contributed by atoms with van der Waals surface area (Å²) in [6.07, 6.45) is 0.735. The highest BCUT2D eigenvalue weighted by Gasteiger charge is 2.37. The first-order valence-electron chi connectivity index (χ1n) is 6.67. The fourth-order valence-electron chi connectivity index (χ4n) is 2.60. The van der Waals surface area contributed by atoms with Gasteiger partial charge in [-0.1, -0.05) is 0 Å². The van der Waals surface area contributed by atoms with Crippen molar-refractivity contribution in [3.8, 4) is 0 Å². The number of ether oxygens (including phenoxy) is 1. The van der Waals surface area contributed by atoms with E-state index in [-0.39, 0.29) is 28.0 Å². The van der Waals surface area contributed by atoms with E-state index in [0.29, 0.717) is 6.54 Å². The van der Waals surface area contributed by atoms with Crippen LogP contribution in [-0.4, -0.2) is 52.0 Å². The zero-order valence-electron chi connectivity index (χ0n) is 12.6. The van der Waals surface area contributed by atoms with E-state index in [9.17, 15) is 13.2 Å². The number of carbonyl (C=O) groups excluding carboxylic acids is 1. The van der Waals surface area contributed by atoms with Crippen LogP contribution in [0.1, 0.15) is 28.3 Å². The predicted molar refractivity (Wildman–Crippen MR) is 75.7 cm³/mol. The van der Waals surface area contributed by atoms with Crippen LogP contribution in [0.3, 0.4) is 0 Å². The maximum atomic E-state index is 12.8. The molecule has 0 bridgehead atoms. The van der Waals surface area contributed by atoms with E-state index in [2.05, 4.69) is 10.1 Å². The summed E-state index contributed by atoms with van der Waals surface area (Å²) in [5.41, 5.74) is -0.0205. The summed E-state index contributed by atoms with van der Waals surface area (Å²) in [6.45, 7) is 4.46. The highest BCUT2D eigenvalue weighted by Crippen LogP contribution is 2.30. The van der Waals surface area contributed by atoms with Crippen LogP contribution in [0.2, 0.25) is 0 Å². The second-order valence-electron chi connectivity index (χ2n) is 5.08. The minimum absolute atomic E-state index is 0.0205. The summed E-state index contributed by atoms with van der Waals surface area (Å²) in [7, 11) is -1.08. The maximum Gasteiger partial charge on any atom is 0.342 e. The summed E-state index contributed by atoms with van der Waals surface area (Å²) in [5, 5.41) is 3.12. The number of methoxy groups -OCH3 is 1. The molecule has 2 heterocycles. The topological polar surface area (TPSA) is 88.8 Å². The van der Waals surface area contributed by atoms with Crippen LogP contribution in [0.15, 0.2) is 9.31 Å². The normalized spacial score (nSPS) is 19.2. The number of hydrogen-bond donors (Lipinski definition) is 1. The predicted octanol–water partition coefficient (Wildman–Crippen LogP) is 0.665. The molecule has 1 aliphatic heterocycles. The smallest absolute Gasteiger partial charge is 0.342 e. The number of rotatable bonds is 4. The maximum absolute atomic E-state index is 12.8. The highest BCUT2D eigenvalue weighted by molar-refractivity contribution is 7.89. The number of aryl methyl sites for hydroxylation is 2. The SMILES string of the molecule is COC(=O)c1c(C)oc(C)c1S(=O)(=O)N(C)C1CCNC1. The van der Waals surface area contributed by atoms with Gasteiger partial charge >= 0.3 is 5.97 Å². The minimum Gasteiger partial charge on any atom is -0.465 e. The fourth-order valence-corrected chi connectivity index (χ4v) is 4.35. The van der Waals surface area contributed by atoms with Crippen molar-refractivity contribution in [3.63, 3.8) is 0 Å². The van der Waals surface area contributed by atoms with Crippen LogP contribution < -0.4 is 5.32 Å². The first-order chi connectivity index (χ1) is 9.80. The Labute approximate surface area is 124 Å². The monoisotopic (exact) mass is 316 g/mol. The Morgan fingerprint density at radius 2 is 2.05 bits per heavy atom. The number of nitrogens with zero attached hydrogens (tertiary/aromatic N) is 1. The van der Waals surface area contributed by atoms with Crippen molar-refractivity contribution in [1.82, 2.24) is 9.62 Å². The van der Waals surface area contributed by atoms with Gasteiger partial charge in [-0.3, -0.25) is 0 Å². The van der Waals surface area contributed by atoms with Crippen LogP contribution in [0.5, 0.6) is 0 Å². The molecule has 8 heteroatoms. The van der Waals surface area contributed by atoms with Crippen molar-refractivity contribution < 1.29 is 22.4 Å². The van der Waals surface area contributed by atoms with Gasteiger partial charge in [-0.15, -0.1) is 0 Å². The Morgan fingerprint density at radius 3 is 2.57 bits per heavy atom. The standard InChI is InChI=1S/C13H20N2O5S/c1-8-11(13(16)19-4)12(9(2)20-8)21(17,18)15(3)10-5-6-14-7-10/h10,14H,5-7H2,1-4H3. The van der Waals surface area contributed by atoms with Gasteiger partial charge in [0.05, 0.1) is 7.11 Å². The summed E-state index contributed by atoms with van der Waals surface area (Å²) < 4.78 is 37.0. The summed E-state index contributed by atoms with van der Waals surface area (Å²) in [5.74, 6) is -0.262. The average molecular weight is 316 g/mol. The zero-order valence-corrected chi connectivity index (χ0v) is 13.4. The Bertz CT molecular complexity index is 644. The van der Waals surface area contributed by atoms with Crippen LogP contribution in [0.4, 0.5) is 0 Å². The molecule has 118 valence electrons. The van der Waals surface area contributed by atoms with E-state index in [1.54, 1.807) is 6.92 Å². The second-order valence-corrected chi connectivity index (χ2v) is 7.01. The van der Waals surface area contributed by atoms with E-state index in [1.807, 2.05) is 0 Å². The molecule has 1 N–H and O–H groups in total. The molecule has 1 aliphatic rings. The molecule has 0 amide bonds. The molecular weight excluding hydrogens is 296 g/mol. The van der Waals surface area contributed by atoms with Gasteiger partial charge in [-0.05, 0) is 26.8 Å². The second kappa shape index (κ2) is 5.78.